The lowest BCUT2D eigenvalue weighted by Gasteiger charge is -2.28. The summed E-state index contributed by atoms with van der Waals surface area (Å²) in [5, 5.41) is 2.98. The number of nitrogens with one attached hydrogen (secondary N) is 1. The summed E-state index contributed by atoms with van der Waals surface area (Å²) >= 11 is 0. The molecule has 0 aliphatic carbocycles. The van der Waals surface area contributed by atoms with E-state index in [0.717, 1.165) is 23.3 Å². The summed E-state index contributed by atoms with van der Waals surface area (Å²) in [6, 6.07) is 9.31. The molecule has 1 aliphatic rings. The molecule has 0 radical (unpaired) electrons. The molecule has 0 bridgehead atoms. The van der Waals surface area contributed by atoms with Crippen LogP contribution < -0.4 is 5.32 Å². The number of alkyl halides is 3. The number of carbonyl (C=O) groups excluding carboxylic acids is 2. The van der Waals surface area contributed by atoms with Gasteiger partial charge in [-0.05, 0) is 11.5 Å². The molecule has 2 atom stereocenters. The van der Waals surface area contributed by atoms with E-state index in [1.807, 2.05) is 44.2 Å². The minimum Gasteiger partial charge on any atom is -0.349 e. The van der Waals surface area contributed by atoms with E-state index in [1.54, 1.807) is 0 Å². The Bertz CT molecular complexity index is 615. The summed E-state index contributed by atoms with van der Waals surface area (Å²) in [4.78, 5) is 25.2. The lowest BCUT2D eigenvalue weighted by atomic mass is 9.88. The molecule has 2 rings (SSSR count). The molecule has 0 spiro atoms. The van der Waals surface area contributed by atoms with Crippen molar-refractivity contribution in [2.24, 2.45) is 11.8 Å². The molecular weight excluding hydrogens is 345 g/mol. The van der Waals surface area contributed by atoms with Gasteiger partial charge in [0, 0.05) is 13.0 Å². The third kappa shape index (κ3) is 5.22. The van der Waals surface area contributed by atoms with Gasteiger partial charge in [-0.1, -0.05) is 57.0 Å². The Balaban J connectivity index is 2.09. The maximum Gasteiger partial charge on any atom is 0.406 e. The summed E-state index contributed by atoms with van der Waals surface area (Å²) in [5.74, 6) is -1.51. The van der Waals surface area contributed by atoms with Gasteiger partial charge in [-0.3, -0.25) is 9.59 Å². The maximum absolute atomic E-state index is 12.7. The van der Waals surface area contributed by atoms with Gasteiger partial charge in [-0.2, -0.15) is 13.2 Å². The highest BCUT2D eigenvalue weighted by Crippen LogP contribution is 2.29. The highest BCUT2D eigenvalue weighted by atomic mass is 19.4. The topological polar surface area (TPSA) is 49.4 Å². The van der Waals surface area contributed by atoms with Gasteiger partial charge in [0.15, 0.2) is 0 Å². The molecule has 7 heteroatoms. The lowest BCUT2D eigenvalue weighted by Crippen LogP contribution is -2.39. The lowest BCUT2D eigenvalue weighted by molar-refractivity contribution is -0.157. The van der Waals surface area contributed by atoms with Crippen molar-refractivity contribution >= 4 is 11.8 Å². The molecule has 4 nitrogen and oxygen atoms in total. The van der Waals surface area contributed by atoms with Crippen molar-refractivity contribution in [2.45, 2.75) is 45.3 Å². The number of likely N-dealkylation sites (tertiary alicyclic amines) is 1. The van der Waals surface area contributed by atoms with Gasteiger partial charge in [0.25, 0.3) is 0 Å². The number of hydrogen-bond acceptors (Lipinski definition) is 2. The van der Waals surface area contributed by atoms with E-state index in [4.69, 9.17) is 0 Å². The second kappa shape index (κ2) is 8.56. The Kier molecular flexibility index (Phi) is 6.67. The number of rotatable bonds is 7. The minimum absolute atomic E-state index is 0.174. The van der Waals surface area contributed by atoms with Crippen molar-refractivity contribution in [1.82, 2.24) is 10.2 Å². The monoisotopic (exact) mass is 370 g/mol. The van der Waals surface area contributed by atoms with E-state index < -0.39 is 24.5 Å². The van der Waals surface area contributed by atoms with Gasteiger partial charge in [-0.15, -0.1) is 0 Å². The van der Waals surface area contributed by atoms with Crippen molar-refractivity contribution in [2.75, 3.05) is 13.1 Å². The molecule has 2 amide bonds. The zero-order chi connectivity index (χ0) is 19.3. The molecular formula is C19H25F3N2O2. The van der Waals surface area contributed by atoms with E-state index in [1.165, 1.54) is 0 Å². The largest absolute Gasteiger partial charge is 0.406 e. The zero-order valence-electron chi connectivity index (χ0n) is 15.1. The summed E-state index contributed by atoms with van der Waals surface area (Å²) in [6.07, 6.45) is -2.91. The molecule has 2 unspecified atom stereocenters. The summed E-state index contributed by atoms with van der Waals surface area (Å²) in [7, 11) is 0. The second-order valence-electron chi connectivity index (χ2n) is 6.76. The fraction of sp³-hybridized carbons (Fsp3) is 0.579. The standard InChI is InChI=1S/C19H25F3N2O2/c1-3-13(4-2)17(14-8-6-5-7-9-14)23-18(26)15-10-16(25)24(11-15)12-19(20,21)22/h5-9,13,15,17H,3-4,10-12H2,1-2H3,(H,23,26). The van der Waals surface area contributed by atoms with Gasteiger partial charge in [0.1, 0.15) is 6.54 Å². The van der Waals surface area contributed by atoms with E-state index in [9.17, 15) is 22.8 Å². The summed E-state index contributed by atoms with van der Waals surface area (Å²) in [5.41, 5.74) is 0.964. The molecule has 144 valence electrons. The van der Waals surface area contributed by atoms with Crippen molar-refractivity contribution in [1.29, 1.82) is 0 Å². The molecule has 26 heavy (non-hydrogen) atoms. The van der Waals surface area contributed by atoms with Gasteiger partial charge in [-0.25, -0.2) is 0 Å². The van der Waals surface area contributed by atoms with Crippen LogP contribution >= 0.6 is 0 Å². The fourth-order valence-corrected chi connectivity index (χ4v) is 3.48. The van der Waals surface area contributed by atoms with Crippen molar-refractivity contribution < 1.29 is 22.8 Å². The predicted octanol–water partition coefficient (Wildman–Crippen LogP) is 3.69. The molecule has 1 heterocycles. The van der Waals surface area contributed by atoms with E-state index in [-0.39, 0.29) is 30.8 Å². The average Bonchev–Trinajstić information content (AvgIpc) is 2.94. The molecule has 0 saturated carbocycles. The van der Waals surface area contributed by atoms with Gasteiger partial charge >= 0.3 is 6.18 Å². The Labute approximate surface area is 151 Å². The van der Waals surface area contributed by atoms with Crippen LogP contribution in [0.3, 0.4) is 0 Å². The van der Waals surface area contributed by atoms with Crippen LogP contribution in [0.5, 0.6) is 0 Å². The fourth-order valence-electron chi connectivity index (χ4n) is 3.48. The second-order valence-corrected chi connectivity index (χ2v) is 6.76. The third-order valence-corrected chi connectivity index (χ3v) is 4.93. The zero-order valence-corrected chi connectivity index (χ0v) is 15.1. The number of hydrogen-bond donors (Lipinski definition) is 1. The van der Waals surface area contributed by atoms with Gasteiger partial charge in [0.2, 0.25) is 11.8 Å². The average molecular weight is 370 g/mol. The van der Waals surface area contributed by atoms with Crippen LogP contribution in [0.25, 0.3) is 0 Å². The van der Waals surface area contributed by atoms with Gasteiger partial charge < -0.3 is 10.2 Å². The minimum atomic E-state index is -4.46. The molecule has 1 aromatic rings. The van der Waals surface area contributed by atoms with E-state index in [0.29, 0.717) is 0 Å². The first kappa shape index (κ1) is 20.3. The number of carbonyl (C=O) groups is 2. The molecule has 1 N–H and O–H groups in total. The van der Waals surface area contributed by atoms with Crippen molar-refractivity contribution in [3.63, 3.8) is 0 Å². The van der Waals surface area contributed by atoms with Crippen LogP contribution in [-0.2, 0) is 9.59 Å². The maximum atomic E-state index is 12.7. The molecule has 1 saturated heterocycles. The number of benzene rings is 1. The Morgan fingerprint density at radius 1 is 1.23 bits per heavy atom. The van der Waals surface area contributed by atoms with Crippen LogP contribution in [0.1, 0.15) is 44.7 Å². The first-order valence-electron chi connectivity index (χ1n) is 8.95. The van der Waals surface area contributed by atoms with Crippen LogP contribution in [0, 0.1) is 11.8 Å². The number of halogens is 3. The SMILES string of the molecule is CCC(CC)C(NC(=O)C1CC(=O)N(CC(F)(F)F)C1)c1ccccc1. The van der Waals surface area contributed by atoms with Crippen LogP contribution in [0.4, 0.5) is 13.2 Å². The van der Waals surface area contributed by atoms with Gasteiger partial charge in [0.05, 0.1) is 12.0 Å². The first-order valence-corrected chi connectivity index (χ1v) is 8.95. The normalized spacial score (nSPS) is 19.1. The van der Waals surface area contributed by atoms with E-state index in [2.05, 4.69) is 5.32 Å². The Morgan fingerprint density at radius 2 is 1.85 bits per heavy atom. The highest BCUT2D eigenvalue weighted by Gasteiger charge is 2.41. The highest BCUT2D eigenvalue weighted by molar-refractivity contribution is 5.89. The summed E-state index contributed by atoms with van der Waals surface area (Å²) < 4.78 is 37.6. The smallest absolute Gasteiger partial charge is 0.349 e. The van der Waals surface area contributed by atoms with Crippen molar-refractivity contribution in [3.05, 3.63) is 35.9 Å². The summed E-state index contributed by atoms with van der Waals surface area (Å²) in [6.45, 7) is 2.60. The first-order chi connectivity index (χ1) is 12.2. The molecule has 0 aromatic heterocycles. The van der Waals surface area contributed by atoms with Crippen LogP contribution in [0.2, 0.25) is 0 Å². The van der Waals surface area contributed by atoms with Crippen LogP contribution in [0.15, 0.2) is 30.3 Å². The van der Waals surface area contributed by atoms with Crippen molar-refractivity contribution in [3.8, 4) is 0 Å². The number of nitrogens with zero attached hydrogens (tertiary/aromatic N) is 1. The van der Waals surface area contributed by atoms with E-state index >= 15 is 0 Å². The quantitative estimate of drug-likeness (QED) is 0.796. The Hall–Kier alpha value is -2.05. The predicted molar refractivity (Wildman–Crippen MR) is 92.1 cm³/mol. The van der Waals surface area contributed by atoms with Crippen LogP contribution in [-0.4, -0.2) is 36.0 Å². The molecule has 1 fully saturated rings. The molecule has 1 aromatic carbocycles. The third-order valence-electron chi connectivity index (χ3n) is 4.93. The molecule has 1 aliphatic heterocycles. The Morgan fingerprint density at radius 3 is 2.38 bits per heavy atom. The number of amides is 2.